The highest BCUT2D eigenvalue weighted by Crippen LogP contribution is 2.39. The van der Waals surface area contributed by atoms with E-state index in [9.17, 15) is 28.2 Å². The molecule has 0 radical (unpaired) electrons. The van der Waals surface area contributed by atoms with Crippen LogP contribution in [0.5, 0.6) is 0 Å². The van der Waals surface area contributed by atoms with E-state index in [4.69, 9.17) is 4.74 Å². The molecule has 41 heavy (non-hydrogen) atoms. The molecule has 4 N–H and O–H groups in total. The van der Waals surface area contributed by atoms with Crippen LogP contribution in [0.25, 0.3) is 0 Å². The Balaban J connectivity index is 1.45. The quantitative estimate of drug-likeness (QED) is 0.162. The summed E-state index contributed by atoms with van der Waals surface area (Å²) in [5.74, 6) is 0.228. The zero-order chi connectivity index (χ0) is 29.1. The molecule has 2 aliphatic rings. The van der Waals surface area contributed by atoms with E-state index in [1.165, 1.54) is 38.9 Å². The normalized spacial score (nSPS) is 16.0. The van der Waals surface area contributed by atoms with Crippen LogP contribution in [0, 0.1) is 11.8 Å². The summed E-state index contributed by atoms with van der Waals surface area (Å²) in [5, 5.41) is 26.3. The van der Waals surface area contributed by atoms with Crippen LogP contribution in [0.15, 0.2) is 60.7 Å². The van der Waals surface area contributed by atoms with Gasteiger partial charge in [0, 0.05) is 38.0 Å². The first-order chi connectivity index (χ1) is 19.6. The van der Waals surface area contributed by atoms with Gasteiger partial charge in [0.15, 0.2) is 6.29 Å². The maximum Gasteiger partial charge on any atom is 0.416 e. The molecule has 218 valence electrons. The summed E-state index contributed by atoms with van der Waals surface area (Å²) in [6, 6.07) is 14.9. The van der Waals surface area contributed by atoms with Crippen molar-refractivity contribution in [3.63, 3.8) is 0 Å². The molecule has 2 aliphatic carbocycles. The topological polar surface area (TPSA) is 94.1 Å². The third-order valence-corrected chi connectivity index (χ3v) is 7.48. The lowest BCUT2D eigenvalue weighted by Gasteiger charge is -2.23. The molecule has 0 aliphatic heterocycles. The Morgan fingerprint density at radius 2 is 1.56 bits per heavy atom. The fourth-order valence-electron chi connectivity index (χ4n) is 4.95. The van der Waals surface area contributed by atoms with Crippen molar-refractivity contribution < 1.29 is 32.9 Å². The number of carbonyl (C=O) groups is 1. The monoisotopic (exact) mass is 569 g/mol. The molecule has 0 bridgehead atoms. The minimum atomic E-state index is -4.61. The Bertz CT molecular complexity index is 1380. The van der Waals surface area contributed by atoms with Gasteiger partial charge in [0.2, 0.25) is 0 Å². The van der Waals surface area contributed by atoms with Gasteiger partial charge in [-0.05, 0) is 79.5 Å². The predicted octanol–water partition coefficient (Wildman–Crippen LogP) is 7.15. The number of para-hydroxylation sites is 1. The minimum Gasteiger partial charge on any atom is -0.478 e. The molecule has 3 aromatic carbocycles. The van der Waals surface area contributed by atoms with E-state index in [-0.39, 0.29) is 22.6 Å². The maximum atomic E-state index is 13.7. The number of carboxylic acid groups (broad SMARTS) is 1. The molecule has 5 rings (SSSR count). The third-order valence-electron chi connectivity index (χ3n) is 7.48. The van der Waals surface area contributed by atoms with E-state index in [0.29, 0.717) is 29.6 Å². The highest BCUT2D eigenvalue weighted by Gasteiger charge is 2.32. The lowest BCUT2D eigenvalue weighted by molar-refractivity contribution is -0.137. The van der Waals surface area contributed by atoms with Crippen molar-refractivity contribution in [1.29, 1.82) is 0 Å². The maximum absolute atomic E-state index is 13.7. The minimum absolute atomic E-state index is 0.0286. The summed E-state index contributed by atoms with van der Waals surface area (Å²) in [7, 11) is 1.33. The van der Waals surface area contributed by atoms with E-state index in [1.54, 1.807) is 36.4 Å². The molecule has 0 aromatic heterocycles. The number of anilines is 4. The fourth-order valence-corrected chi connectivity index (χ4v) is 4.95. The second-order valence-corrected chi connectivity index (χ2v) is 10.9. The molecule has 0 saturated heterocycles. The van der Waals surface area contributed by atoms with Crippen LogP contribution in [-0.2, 0) is 17.5 Å². The number of rotatable bonds is 13. The molecular weight excluding hydrogens is 535 g/mol. The van der Waals surface area contributed by atoms with Crippen molar-refractivity contribution in [2.75, 3.05) is 30.8 Å². The fraction of sp³-hybridized carbons (Fsp3) is 0.387. The van der Waals surface area contributed by atoms with Crippen LogP contribution in [-0.4, -0.2) is 41.3 Å². The first-order valence-electron chi connectivity index (χ1n) is 13.7. The number of hydrogen-bond donors (Lipinski definition) is 4. The van der Waals surface area contributed by atoms with Gasteiger partial charge in [0.25, 0.3) is 0 Å². The summed E-state index contributed by atoms with van der Waals surface area (Å²) in [6.07, 6.45) is -0.945. The van der Waals surface area contributed by atoms with E-state index in [0.717, 1.165) is 30.8 Å². The van der Waals surface area contributed by atoms with Gasteiger partial charge in [0.1, 0.15) is 0 Å². The first kappa shape index (κ1) is 28.9. The number of hydrogen-bond acceptors (Lipinski definition) is 6. The number of carboxylic acids is 1. The highest BCUT2D eigenvalue weighted by atomic mass is 19.4. The van der Waals surface area contributed by atoms with Crippen molar-refractivity contribution in [1.82, 2.24) is 4.90 Å². The number of alkyl halides is 3. The molecule has 1 atom stereocenters. The number of halogens is 3. The smallest absolute Gasteiger partial charge is 0.416 e. The van der Waals surface area contributed by atoms with Crippen molar-refractivity contribution >= 4 is 28.7 Å². The third kappa shape index (κ3) is 7.58. The number of aromatic carboxylic acids is 1. The van der Waals surface area contributed by atoms with Gasteiger partial charge in [0.05, 0.1) is 28.2 Å². The molecule has 1 unspecified atom stereocenters. The van der Waals surface area contributed by atoms with Crippen LogP contribution >= 0.6 is 0 Å². The summed E-state index contributed by atoms with van der Waals surface area (Å²) >= 11 is 0. The molecule has 3 aromatic rings. The summed E-state index contributed by atoms with van der Waals surface area (Å²) in [5.41, 5.74) is 1.20. The standard InChI is InChI=1S/C31H34F3N3O4/c1-41-30(40)23-4-2-3-5-25(23)35-27-13-11-22(31(32,33)34)15-28(27)36-26-12-10-21(14-24(26)29(38)39)18-37(16-19-6-7-19)17-20-8-9-20/h2-5,10-15,19-20,30,35-36,40H,6-9,16-18H2,1H3,(H,38,39). The number of nitrogens with one attached hydrogen (secondary N) is 2. The molecular formula is C31H34F3N3O4. The number of nitrogens with zero attached hydrogens (tertiary/aromatic N) is 1. The SMILES string of the molecule is COC(O)c1ccccc1Nc1ccc(C(F)(F)F)cc1Nc1ccc(CN(CC2CC2)CC2CC2)cc1C(=O)O. The second-order valence-electron chi connectivity index (χ2n) is 10.9. The second kappa shape index (κ2) is 12.1. The van der Waals surface area contributed by atoms with Gasteiger partial charge in [-0.1, -0.05) is 24.3 Å². The van der Waals surface area contributed by atoms with Gasteiger partial charge in [-0.3, -0.25) is 4.90 Å². The van der Waals surface area contributed by atoms with E-state index >= 15 is 0 Å². The summed E-state index contributed by atoms with van der Waals surface area (Å²) in [6.45, 7) is 2.62. The van der Waals surface area contributed by atoms with E-state index in [2.05, 4.69) is 15.5 Å². The lowest BCUT2D eigenvalue weighted by atomic mass is 10.1. The average Bonchev–Trinajstić information content (AvgIpc) is 3.87. The number of benzene rings is 3. The number of methoxy groups -OCH3 is 1. The Hall–Kier alpha value is -3.60. The Labute approximate surface area is 236 Å². The van der Waals surface area contributed by atoms with Crippen molar-refractivity contribution in [2.45, 2.75) is 44.7 Å². The number of aliphatic hydroxyl groups is 1. The van der Waals surface area contributed by atoms with Gasteiger partial charge in [-0.25, -0.2) is 4.79 Å². The number of ether oxygens (including phenoxy) is 1. The van der Waals surface area contributed by atoms with Crippen LogP contribution in [0.3, 0.4) is 0 Å². The predicted molar refractivity (Wildman–Crippen MR) is 151 cm³/mol. The average molecular weight is 570 g/mol. The zero-order valence-electron chi connectivity index (χ0n) is 22.7. The Morgan fingerprint density at radius 3 is 2.17 bits per heavy atom. The van der Waals surface area contributed by atoms with Crippen LogP contribution in [0.4, 0.5) is 35.9 Å². The molecule has 2 fully saturated rings. The van der Waals surface area contributed by atoms with Gasteiger partial charge in [-0.15, -0.1) is 0 Å². The van der Waals surface area contributed by atoms with E-state index < -0.39 is 24.0 Å². The van der Waals surface area contributed by atoms with Crippen LogP contribution in [0.1, 0.15) is 59.0 Å². The van der Waals surface area contributed by atoms with Crippen molar-refractivity contribution in [3.8, 4) is 0 Å². The largest absolute Gasteiger partial charge is 0.478 e. The number of aliphatic hydroxyl groups excluding tert-OH is 1. The Morgan fingerprint density at radius 1 is 0.927 bits per heavy atom. The highest BCUT2D eigenvalue weighted by molar-refractivity contribution is 5.96. The van der Waals surface area contributed by atoms with Crippen molar-refractivity contribution in [3.05, 3.63) is 82.9 Å². The molecule has 0 heterocycles. The van der Waals surface area contributed by atoms with Crippen LogP contribution in [0.2, 0.25) is 0 Å². The van der Waals surface area contributed by atoms with Gasteiger partial charge < -0.3 is 25.6 Å². The van der Waals surface area contributed by atoms with Gasteiger partial charge >= 0.3 is 12.1 Å². The molecule has 7 nitrogen and oxygen atoms in total. The first-order valence-corrected chi connectivity index (χ1v) is 13.7. The van der Waals surface area contributed by atoms with Gasteiger partial charge in [-0.2, -0.15) is 13.2 Å². The van der Waals surface area contributed by atoms with Crippen molar-refractivity contribution in [2.24, 2.45) is 11.8 Å². The Kier molecular flexibility index (Phi) is 8.53. The lowest BCUT2D eigenvalue weighted by Crippen LogP contribution is -2.28. The summed E-state index contributed by atoms with van der Waals surface area (Å²) < 4.78 is 46.0. The molecule has 10 heteroatoms. The molecule has 0 amide bonds. The molecule has 0 spiro atoms. The summed E-state index contributed by atoms with van der Waals surface area (Å²) in [4.78, 5) is 14.7. The zero-order valence-corrected chi connectivity index (χ0v) is 22.7. The van der Waals surface area contributed by atoms with E-state index in [1.807, 2.05) is 6.07 Å². The van der Waals surface area contributed by atoms with Crippen LogP contribution < -0.4 is 10.6 Å². The molecule has 2 saturated carbocycles.